The molecule has 6 rings (SSSR count). The number of aromatic amines is 1. The maximum Gasteiger partial charge on any atom is 0.357 e. The normalized spacial score (nSPS) is 11.0. The van der Waals surface area contributed by atoms with Crippen molar-refractivity contribution in [3.05, 3.63) is 88.3 Å². The van der Waals surface area contributed by atoms with E-state index < -0.39 is 5.97 Å². The summed E-state index contributed by atoms with van der Waals surface area (Å²) in [6, 6.07) is 13.5. The third-order valence-electron chi connectivity index (χ3n) is 5.90. The van der Waals surface area contributed by atoms with Crippen LogP contribution >= 0.6 is 22.7 Å². The van der Waals surface area contributed by atoms with Gasteiger partial charge >= 0.3 is 5.97 Å². The number of nitrogens with one attached hydrogen (secondary N) is 2. The molecule has 204 valence electrons. The predicted molar refractivity (Wildman–Crippen MR) is 147 cm³/mol. The Morgan fingerprint density at radius 3 is 2.05 bits per heavy atom. The van der Waals surface area contributed by atoms with Crippen LogP contribution in [0.3, 0.4) is 0 Å². The fourth-order valence-electron chi connectivity index (χ4n) is 3.86. The number of benzene rings is 1. The van der Waals surface area contributed by atoms with Crippen LogP contribution in [0.4, 0.5) is 0 Å². The number of carbonyl (C=O) groups excluding carboxylic acids is 1. The zero-order chi connectivity index (χ0) is 28.3. The second-order valence-electron chi connectivity index (χ2n) is 8.69. The van der Waals surface area contributed by atoms with E-state index in [9.17, 15) is 9.59 Å². The molecule has 5 heterocycles. The van der Waals surface area contributed by atoms with E-state index >= 15 is 0 Å². The molecule has 1 aromatic carbocycles. The van der Waals surface area contributed by atoms with Gasteiger partial charge in [-0.15, -0.1) is 22.7 Å². The van der Waals surface area contributed by atoms with Crippen LogP contribution in [0, 0.1) is 0 Å². The van der Waals surface area contributed by atoms with Gasteiger partial charge < -0.3 is 25.0 Å². The number of carboxylic acids is 1. The van der Waals surface area contributed by atoms with Crippen molar-refractivity contribution < 1.29 is 34.2 Å². The summed E-state index contributed by atoms with van der Waals surface area (Å²) in [5.41, 5.74) is 8.35. The molecule has 41 heavy (non-hydrogen) atoms. The first-order chi connectivity index (χ1) is 20.0. The van der Waals surface area contributed by atoms with Gasteiger partial charge in [0.1, 0.15) is 23.9 Å². The highest BCUT2D eigenvalue weighted by atomic mass is 32.1. The summed E-state index contributed by atoms with van der Waals surface area (Å²) in [5.74, 6) is -1.14. The fraction of sp³-hybridized carbons (Fsp3) is 0.0741. The van der Waals surface area contributed by atoms with Gasteiger partial charge in [0.15, 0.2) is 21.4 Å². The van der Waals surface area contributed by atoms with E-state index in [1.54, 1.807) is 10.8 Å². The van der Waals surface area contributed by atoms with E-state index in [0.717, 1.165) is 28.8 Å². The molecule has 0 fully saturated rings. The highest BCUT2D eigenvalue weighted by molar-refractivity contribution is 7.13. The molecule has 0 spiro atoms. The zero-order valence-corrected chi connectivity index (χ0v) is 22.8. The van der Waals surface area contributed by atoms with Crippen LogP contribution in [0.5, 0.6) is 0 Å². The number of H-pyrrole nitrogens is 1. The first kappa shape index (κ1) is 26.2. The molecule has 6 aromatic rings. The molecule has 6 N–H and O–H groups in total. The SMILES string of the molecule is [NH3+]Cc1cccc(CNC(=O)c2coc(-c3csc(-c4cccc(-c5nc(-c6nc(C(=O)O)co6)cs5)[nH+]4)n3)n2)c1. The summed E-state index contributed by atoms with van der Waals surface area (Å²) < 4.78 is 10.8. The highest BCUT2D eigenvalue weighted by Gasteiger charge is 2.21. The number of carbonyl (C=O) groups is 2. The molecule has 0 radical (unpaired) electrons. The molecule has 0 aliphatic heterocycles. The number of pyridine rings is 1. The smallest absolute Gasteiger partial charge is 0.357 e. The van der Waals surface area contributed by atoms with Gasteiger partial charge in [-0.3, -0.25) is 4.79 Å². The molecule has 14 heteroatoms. The fourth-order valence-corrected chi connectivity index (χ4v) is 5.41. The second-order valence-corrected chi connectivity index (χ2v) is 10.4. The zero-order valence-electron chi connectivity index (χ0n) is 21.2. The number of aromatic carboxylic acids is 1. The molecule has 0 aliphatic carbocycles. The van der Waals surface area contributed by atoms with Crippen LogP contribution in [-0.4, -0.2) is 36.9 Å². The molecule has 0 aliphatic rings. The van der Waals surface area contributed by atoms with Crippen LogP contribution < -0.4 is 16.0 Å². The van der Waals surface area contributed by atoms with E-state index in [0.29, 0.717) is 34.5 Å². The number of hydrogen-bond donors (Lipinski definition) is 3. The number of aromatic nitrogens is 5. The average Bonchev–Trinajstić information content (AvgIpc) is 3.81. The highest BCUT2D eigenvalue weighted by Crippen LogP contribution is 2.29. The maximum absolute atomic E-state index is 12.6. The van der Waals surface area contributed by atoms with Gasteiger partial charge in [0.25, 0.3) is 5.91 Å². The Morgan fingerprint density at radius 2 is 1.44 bits per heavy atom. The third-order valence-corrected chi connectivity index (χ3v) is 7.65. The van der Waals surface area contributed by atoms with Crippen LogP contribution in [0.25, 0.3) is 44.6 Å². The minimum atomic E-state index is -1.17. The number of nitrogens with zero attached hydrogens (tertiary/aromatic N) is 4. The van der Waals surface area contributed by atoms with Gasteiger partial charge in [-0.1, -0.05) is 18.2 Å². The van der Waals surface area contributed by atoms with E-state index in [-0.39, 0.29) is 29.1 Å². The van der Waals surface area contributed by atoms with Crippen molar-refractivity contribution in [2.24, 2.45) is 0 Å². The molecule has 0 bridgehead atoms. The van der Waals surface area contributed by atoms with Crippen LogP contribution in [0.2, 0.25) is 0 Å². The van der Waals surface area contributed by atoms with E-state index in [4.69, 9.17) is 13.9 Å². The summed E-state index contributed by atoms with van der Waals surface area (Å²) in [6.07, 6.45) is 2.40. The lowest BCUT2D eigenvalue weighted by Crippen LogP contribution is -2.47. The Morgan fingerprint density at radius 1 is 0.854 bits per heavy atom. The van der Waals surface area contributed by atoms with Gasteiger partial charge in [0.2, 0.25) is 23.2 Å². The Kier molecular flexibility index (Phi) is 7.16. The van der Waals surface area contributed by atoms with Crippen molar-refractivity contribution >= 4 is 34.6 Å². The molecular weight excluding hydrogens is 566 g/mol. The topological polar surface area (TPSA) is 186 Å². The molecule has 0 atom stereocenters. The van der Waals surface area contributed by atoms with Crippen molar-refractivity contribution in [3.63, 3.8) is 0 Å². The lowest BCUT2D eigenvalue weighted by Gasteiger charge is -2.04. The molecule has 0 unspecified atom stereocenters. The minimum absolute atomic E-state index is 0.132. The first-order valence-corrected chi connectivity index (χ1v) is 14.0. The summed E-state index contributed by atoms with van der Waals surface area (Å²) >= 11 is 2.75. The Bertz CT molecular complexity index is 1870. The quantitative estimate of drug-likeness (QED) is 0.228. The van der Waals surface area contributed by atoms with Crippen LogP contribution in [0.15, 0.2) is 74.6 Å². The third kappa shape index (κ3) is 5.65. The monoisotopic (exact) mass is 587 g/mol. The van der Waals surface area contributed by atoms with E-state index in [2.05, 4.69) is 36.0 Å². The number of quaternary nitrogens is 1. The number of carboxylic acid groups (broad SMARTS) is 1. The summed E-state index contributed by atoms with van der Waals surface area (Å²) in [6.45, 7) is 1.04. The lowest BCUT2D eigenvalue weighted by atomic mass is 10.1. The molecular formula is C27H21N7O5S2+2. The van der Waals surface area contributed by atoms with Crippen LogP contribution in [0.1, 0.15) is 32.1 Å². The van der Waals surface area contributed by atoms with E-state index in [1.807, 2.05) is 42.5 Å². The van der Waals surface area contributed by atoms with Crippen molar-refractivity contribution in [2.45, 2.75) is 13.1 Å². The van der Waals surface area contributed by atoms with Crippen molar-refractivity contribution in [3.8, 4) is 44.6 Å². The number of oxazole rings is 2. The number of hydrogen-bond acceptors (Lipinski definition) is 10. The first-order valence-electron chi connectivity index (χ1n) is 12.2. The summed E-state index contributed by atoms with van der Waals surface area (Å²) in [5, 5.41) is 16.8. The predicted octanol–water partition coefficient (Wildman–Crippen LogP) is 3.43. The molecule has 1 amide bonds. The number of amides is 1. The Labute approximate surface area is 239 Å². The number of thiazole rings is 2. The summed E-state index contributed by atoms with van der Waals surface area (Å²) in [7, 11) is 0. The Balaban J connectivity index is 1.15. The van der Waals surface area contributed by atoms with Crippen molar-refractivity contribution in [2.75, 3.05) is 0 Å². The van der Waals surface area contributed by atoms with Crippen molar-refractivity contribution in [1.29, 1.82) is 0 Å². The second kappa shape index (κ2) is 11.2. The molecule has 0 saturated heterocycles. The molecule has 0 saturated carbocycles. The largest absolute Gasteiger partial charge is 0.476 e. The molecule has 5 aromatic heterocycles. The van der Waals surface area contributed by atoms with E-state index in [1.165, 1.54) is 28.9 Å². The van der Waals surface area contributed by atoms with Gasteiger partial charge in [0.05, 0.1) is 6.54 Å². The lowest BCUT2D eigenvalue weighted by molar-refractivity contribution is -0.386. The molecule has 12 nitrogen and oxygen atoms in total. The van der Waals surface area contributed by atoms with Gasteiger partial charge in [-0.25, -0.2) is 29.7 Å². The number of rotatable bonds is 9. The van der Waals surface area contributed by atoms with Gasteiger partial charge in [-0.05, 0) is 17.7 Å². The minimum Gasteiger partial charge on any atom is -0.476 e. The van der Waals surface area contributed by atoms with Crippen LogP contribution in [-0.2, 0) is 13.1 Å². The van der Waals surface area contributed by atoms with Crippen molar-refractivity contribution in [1.82, 2.24) is 25.3 Å². The maximum atomic E-state index is 12.6. The standard InChI is InChI=1S/C27H19N7O5S2/c28-8-14-3-1-4-15(7-14)9-29-22(35)18-10-38-23(31-18)20-12-40-25(33-20)16-5-2-6-17(30-16)26-34-21(13-41-26)24-32-19(11-39-24)27(36)37/h1-7,10-13H,8-9,28H2,(H,29,35)(H,36,37)/p+2. The van der Waals surface area contributed by atoms with Gasteiger partial charge in [0, 0.05) is 35.0 Å². The summed E-state index contributed by atoms with van der Waals surface area (Å²) in [4.78, 5) is 44.5. The van der Waals surface area contributed by atoms with Gasteiger partial charge in [-0.2, -0.15) is 0 Å². The Hall–Kier alpha value is -5.05. The average molecular weight is 588 g/mol.